The summed E-state index contributed by atoms with van der Waals surface area (Å²) in [6, 6.07) is 11.5. The zero-order valence-electron chi connectivity index (χ0n) is 15.4. The minimum atomic E-state index is -0.0204. The molecular formula is C20H26N2O4. The van der Waals surface area contributed by atoms with E-state index < -0.39 is 0 Å². The Labute approximate surface area is 154 Å². The van der Waals surface area contributed by atoms with Crippen LogP contribution in [0.25, 0.3) is 0 Å². The van der Waals surface area contributed by atoms with Crippen molar-refractivity contribution in [1.29, 1.82) is 0 Å². The van der Waals surface area contributed by atoms with Gasteiger partial charge >= 0.3 is 0 Å². The maximum atomic E-state index is 12.8. The van der Waals surface area contributed by atoms with Crippen molar-refractivity contribution >= 4 is 5.91 Å². The summed E-state index contributed by atoms with van der Waals surface area (Å²) < 4.78 is 18.5. The first-order valence-electron chi connectivity index (χ1n) is 8.87. The fourth-order valence-electron chi connectivity index (χ4n) is 3.30. The van der Waals surface area contributed by atoms with Gasteiger partial charge in [-0.1, -0.05) is 12.1 Å². The summed E-state index contributed by atoms with van der Waals surface area (Å²) >= 11 is 0. The summed E-state index contributed by atoms with van der Waals surface area (Å²) in [4.78, 5) is 14.7. The van der Waals surface area contributed by atoms with E-state index in [9.17, 15) is 4.79 Å². The highest BCUT2D eigenvalue weighted by molar-refractivity contribution is 5.78. The van der Waals surface area contributed by atoms with Crippen molar-refractivity contribution in [1.82, 2.24) is 9.47 Å². The lowest BCUT2D eigenvalue weighted by Gasteiger charge is -2.24. The minimum absolute atomic E-state index is 0.00191. The van der Waals surface area contributed by atoms with Gasteiger partial charge in [0.15, 0.2) is 18.1 Å². The third kappa shape index (κ3) is 4.38. The second-order valence-corrected chi connectivity index (χ2v) is 6.51. The van der Waals surface area contributed by atoms with E-state index in [0.29, 0.717) is 37.1 Å². The molecule has 0 bridgehead atoms. The number of fused-ring (bicyclic) bond motifs is 1. The van der Waals surface area contributed by atoms with Crippen LogP contribution in [0.4, 0.5) is 0 Å². The number of para-hydroxylation sites is 2. The van der Waals surface area contributed by atoms with E-state index in [1.165, 1.54) is 0 Å². The topological polar surface area (TPSA) is 52.9 Å². The molecule has 0 N–H and O–H groups in total. The molecule has 0 unspecified atom stereocenters. The SMILES string of the molecule is COCC[C@H]1CN(C(=O)COc2ccccc2OC)Cc2cccn2C1. The summed E-state index contributed by atoms with van der Waals surface area (Å²) in [5.41, 5.74) is 1.15. The van der Waals surface area contributed by atoms with Crippen LogP contribution in [0.1, 0.15) is 12.1 Å². The fourth-order valence-corrected chi connectivity index (χ4v) is 3.30. The molecule has 0 saturated heterocycles. The standard InChI is InChI=1S/C20H26N2O4/c1-24-11-9-16-12-21-10-5-6-17(21)14-22(13-16)20(23)15-26-19-8-4-3-7-18(19)25-2/h3-8,10,16H,9,11-15H2,1-2H3/t16-/m1/s1. The largest absolute Gasteiger partial charge is 0.493 e. The van der Waals surface area contributed by atoms with Gasteiger partial charge in [0.25, 0.3) is 5.91 Å². The number of aromatic nitrogens is 1. The van der Waals surface area contributed by atoms with E-state index >= 15 is 0 Å². The Bertz CT molecular complexity index is 728. The van der Waals surface area contributed by atoms with Gasteiger partial charge in [-0.25, -0.2) is 0 Å². The molecule has 2 aromatic rings. The first-order chi connectivity index (χ1) is 12.7. The predicted molar refractivity (Wildman–Crippen MR) is 98.3 cm³/mol. The zero-order valence-corrected chi connectivity index (χ0v) is 15.4. The van der Waals surface area contributed by atoms with Gasteiger partial charge in [-0.15, -0.1) is 0 Å². The number of ether oxygens (including phenoxy) is 3. The van der Waals surface area contributed by atoms with Crippen LogP contribution in [-0.4, -0.2) is 49.4 Å². The number of nitrogens with zero attached hydrogens (tertiary/aromatic N) is 2. The lowest BCUT2D eigenvalue weighted by molar-refractivity contribution is -0.134. The van der Waals surface area contributed by atoms with Gasteiger partial charge in [0.2, 0.25) is 0 Å². The van der Waals surface area contributed by atoms with Crippen LogP contribution < -0.4 is 9.47 Å². The number of amides is 1. The van der Waals surface area contributed by atoms with E-state index in [2.05, 4.69) is 16.8 Å². The molecule has 1 aromatic carbocycles. The third-order valence-corrected chi connectivity index (χ3v) is 4.71. The molecule has 0 aliphatic carbocycles. The molecule has 1 aliphatic heterocycles. The number of hydrogen-bond donors (Lipinski definition) is 0. The molecule has 3 rings (SSSR count). The fraction of sp³-hybridized carbons (Fsp3) is 0.450. The van der Waals surface area contributed by atoms with Gasteiger partial charge in [0, 0.05) is 38.7 Å². The van der Waals surface area contributed by atoms with Crippen molar-refractivity contribution in [2.45, 2.75) is 19.5 Å². The number of carbonyl (C=O) groups excluding carboxylic acids is 1. The van der Waals surface area contributed by atoms with Crippen molar-refractivity contribution < 1.29 is 19.0 Å². The Hall–Kier alpha value is -2.47. The highest BCUT2D eigenvalue weighted by Gasteiger charge is 2.25. The third-order valence-electron chi connectivity index (χ3n) is 4.71. The summed E-state index contributed by atoms with van der Waals surface area (Å²) in [5, 5.41) is 0. The Kier molecular flexibility index (Phi) is 6.17. The van der Waals surface area contributed by atoms with Crippen LogP contribution in [0, 0.1) is 5.92 Å². The lowest BCUT2D eigenvalue weighted by Crippen LogP contribution is -2.37. The first-order valence-corrected chi connectivity index (χ1v) is 8.87. The van der Waals surface area contributed by atoms with Crippen molar-refractivity contribution in [3.63, 3.8) is 0 Å². The van der Waals surface area contributed by atoms with Crippen molar-refractivity contribution in [2.75, 3.05) is 34.0 Å². The number of methoxy groups -OCH3 is 2. The van der Waals surface area contributed by atoms with Crippen LogP contribution in [-0.2, 0) is 22.6 Å². The molecule has 1 aliphatic rings. The van der Waals surface area contributed by atoms with Gasteiger partial charge in [-0.2, -0.15) is 0 Å². The Morgan fingerprint density at radius 1 is 1.12 bits per heavy atom. The number of carbonyl (C=O) groups is 1. The maximum Gasteiger partial charge on any atom is 0.260 e. The van der Waals surface area contributed by atoms with Gasteiger partial charge in [-0.3, -0.25) is 4.79 Å². The average Bonchev–Trinajstić information content (AvgIpc) is 3.02. The van der Waals surface area contributed by atoms with Crippen molar-refractivity contribution in [2.24, 2.45) is 5.92 Å². The smallest absolute Gasteiger partial charge is 0.260 e. The molecule has 0 spiro atoms. The van der Waals surface area contributed by atoms with Crippen molar-refractivity contribution in [3.8, 4) is 11.5 Å². The summed E-state index contributed by atoms with van der Waals surface area (Å²) in [6.07, 6.45) is 3.00. The maximum absolute atomic E-state index is 12.8. The average molecular weight is 358 g/mol. The minimum Gasteiger partial charge on any atom is -0.493 e. The quantitative estimate of drug-likeness (QED) is 0.763. The Balaban J connectivity index is 1.67. The molecular weight excluding hydrogens is 332 g/mol. The van der Waals surface area contributed by atoms with Crippen LogP contribution in [0.2, 0.25) is 0 Å². The van der Waals surface area contributed by atoms with Crippen molar-refractivity contribution in [3.05, 3.63) is 48.3 Å². The van der Waals surface area contributed by atoms with Crippen LogP contribution >= 0.6 is 0 Å². The molecule has 0 fully saturated rings. The number of hydrogen-bond acceptors (Lipinski definition) is 4. The van der Waals surface area contributed by atoms with Crippen LogP contribution in [0.5, 0.6) is 11.5 Å². The molecule has 140 valence electrons. The molecule has 1 atom stereocenters. The van der Waals surface area contributed by atoms with E-state index in [-0.39, 0.29) is 12.5 Å². The Morgan fingerprint density at radius 3 is 2.69 bits per heavy atom. The molecule has 2 heterocycles. The molecule has 26 heavy (non-hydrogen) atoms. The molecule has 1 amide bonds. The normalized spacial score (nSPS) is 16.7. The molecule has 6 nitrogen and oxygen atoms in total. The summed E-state index contributed by atoms with van der Waals surface area (Å²) in [5.74, 6) is 1.55. The van der Waals surface area contributed by atoms with Crippen LogP contribution in [0.15, 0.2) is 42.6 Å². The van der Waals surface area contributed by atoms with E-state index in [1.807, 2.05) is 29.2 Å². The van der Waals surface area contributed by atoms with Crippen LogP contribution in [0.3, 0.4) is 0 Å². The zero-order chi connectivity index (χ0) is 18.4. The molecule has 6 heteroatoms. The first kappa shape index (κ1) is 18.3. The van der Waals surface area contributed by atoms with E-state index in [1.54, 1.807) is 20.3 Å². The molecule has 1 aromatic heterocycles. The van der Waals surface area contributed by atoms with E-state index in [0.717, 1.165) is 18.7 Å². The second kappa shape index (κ2) is 8.76. The summed E-state index contributed by atoms with van der Waals surface area (Å²) in [6.45, 7) is 2.91. The van der Waals surface area contributed by atoms with Gasteiger partial charge < -0.3 is 23.7 Å². The number of benzene rings is 1. The highest BCUT2D eigenvalue weighted by atomic mass is 16.5. The lowest BCUT2D eigenvalue weighted by atomic mass is 10.1. The summed E-state index contributed by atoms with van der Waals surface area (Å²) in [7, 11) is 3.30. The highest BCUT2D eigenvalue weighted by Crippen LogP contribution is 2.26. The van der Waals surface area contributed by atoms with Gasteiger partial charge in [0.1, 0.15) is 0 Å². The van der Waals surface area contributed by atoms with Gasteiger partial charge in [-0.05, 0) is 36.6 Å². The molecule has 0 saturated carbocycles. The van der Waals surface area contributed by atoms with E-state index in [4.69, 9.17) is 14.2 Å². The second-order valence-electron chi connectivity index (χ2n) is 6.51. The molecule has 0 radical (unpaired) electrons. The predicted octanol–water partition coefficient (Wildman–Crippen LogP) is 2.57. The number of rotatable bonds is 7. The Morgan fingerprint density at radius 2 is 1.92 bits per heavy atom. The van der Waals surface area contributed by atoms with Gasteiger partial charge in [0.05, 0.1) is 13.7 Å². The monoisotopic (exact) mass is 358 g/mol.